The number of ketones is 3. The van der Waals surface area contributed by atoms with E-state index >= 15 is 0 Å². The van der Waals surface area contributed by atoms with Crippen molar-refractivity contribution in [1.82, 2.24) is 0 Å². The summed E-state index contributed by atoms with van der Waals surface area (Å²) in [5.74, 6) is 0.314. The molecule has 0 saturated heterocycles. The summed E-state index contributed by atoms with van der Waals surface area (Å²) in [5, 5.41) is 0. The van der Waals surface area contributed by atoms with Crippen LogP contribution in [0.3, 0.4) is 0 Å². The van der Waals surface area contributed by atoms with Gasteiger partial charge in [0.15, 0.2) is 17.3 Å². The van der Waals surface area contributed by atoms with Gasteiger partial charge in [-0.2, -0.15) is 0 Å². The van der Waals surface area contributed by atoms with E-state index in [0.717, 1.165) is 0 Å². The number of hydrogen-bond donors (Lipinski definition) is 0. The SMILES string of the molecule is COOCCC[Si](O/C(C)=C\C(C)=O)(O/C(C)=C/C(C)=O)O/C(C)=C/C(C)=O. The molecule has 0 aliphatic rings. The van der Waals surface area contributed by atoms with Crippen molar-refractivity contribution in [1.29, 1.82) is 0 Å². The largest absolute Gasteiger partial charge is 0.698 e. The number of rotatable bonds is 14. The lowest BCUT2D eigenvalue weighted by Crippen LogP contribution is -2.45. The van der Waals surface area contributed by atoms with Gasteiger partial charge in [-0.05, 0) is 48.0 Å². The molecular weight excluding hydrogens is 384 g/mol. The van der Waals surface area contributed by atoms with Gasteiger partial charge < -0.3 is 13.3 Å². The van der Waals surface area contributed by atoms with E-state index < -0.39 is 8.80 Å². The molecule has 8 nitrogen and oxygen atoms in total. The Bertz CT molecular complexity index is 569. The van der Waals surface area contributed by atoms with Crippen molar-refractivity contribution in [2.75, 3.05) is 13.7 Å². The summed E-state index contributed by atoms with van der Waals surface area (Å²) in [6.07, 6.45) is 4.39. The number of hydrogen-bond acceptors (Lipinski definition) is 8. The predicted molar refractivity (Wildman–Crippen MR) is 105 cm³/mol. The van der Waals surface area contributed by atoms with Crippen LogP contribution in [-0.2, 0) is 37.4 Å². The van der Waals surface area contributed by atoms with Crippen LogP contribution >= 0.6 is 0 Å². The fourth-order valence-electron chi connectivity index (χ4n) is 2.33. The van der Waals surface area contributed by atoms with E-state index in [4.69, 9.17) is 18.2 Å². The Morgan fingerprint density at radius 2 is 1.07 bits per heavy atom. The molecule has 0 heterocycles. The van der Waals surface area contributed by atoms with Gasteiger partial charge in [0.1, 0.15) is 0 Å². The minimum Gasteiger partial charge on any atom is -0.487 e. The van der Waals surface area contributed by atoms with E-state index in [2.05, 4.69) is 4.89 Å². The van der Waals surface area contributed by atoms with E-state index in [9.17, 15) is 14.4 Å². The van der Waals surface area contributed by atoms with Crippen LogP contribution in [0.2, 0.25) is 6.04 Å². The molecule has 9 heteroatoms. The molecule has 0 bridgehead atoms. The van der Waals surface area contributed by atoms with Crippen molar-refractivity contribution < 1.29 is 37.4 Å². The Labute approximate surface area is 167 Å². The summed E-state index contributed by atoms with van der Waals surface area (Å²) in [6.45, 7) is 9.26. The van der Waals surface area contributed by atoms with Gasteiger partial charge in [-0.1, -0.05) is 0 Å². The van der Waals surface area contributed by atoms with Gasteiger partial charge in [-0.15, -0.1) is 0 Å². The first-order valence-electron chi connectivity index (χ1n) is 8.79. The average Bonchev–Trinajstić information content (AvgIpc) is 2.48. The van der Waals surface area contributed by atoms with Crippen molar-refractivity contribution >= 4 is 26.2 Å². The van der Waals surface area contributed by atoms with E-state index in [-0.39, 0.29) is 30.0 Å². The molecule has 0 aromatic carbocycles. The first-order chi connectivity index (χ1) is 13.0. The highest BCUT2D eigenvalue weighted by Gasteiger charge is 2.49. The summed E-state index contributed by atoms with van der Waals surface area (Å²) in [4.78, 5) is 43.7. The topological polar surface area (TPSA) is 97.4 Å². The quantitative estimate of drug-likeness (QED) is 0.106. The number of carbonyl (C=O) groups is 3. The molecule has 28 heavy (non-hydrogen) atoms. The van der Waals surface area contributed by atoms with Crippen LogP contribution in [0.4, 0.5) is 0 Å². The Morgan fingerprint density at radius 3 is 1.36 bits per heavy atom. The number of carbonyl (C=O) groups excluding carboxylic acids is 3. The molecule has 0 unspecified atom stereocenters. The van der Waals surface area contributed by atoms with Crippen LogP contribution in [0.15, 0.2) is 35.5 Å². The van der Waals surface area contributed by atoms with Gasteiger partial charge in [0, 0.05) is 18.2 Å². The smallest absolute Gasteiger partial charge is 0.487 e. The second-order valence-corrected chi connectivity index (χ2v) is 8.66. The summed E-state index contributed by atoms with van der Waals surface area (Å²) in [6, 6.07) is 0.283. The molecule has 0 atom stereocenters. The lowest BCUT2D eigenvalue weighted by atomic mass is 10.4. The average molecular weight is 415 g/mol. The Morgan fingerprint density at radius 1 is 0.714 bits per heavy atom. The van der Waals surface area contributed by atoms with E-state index in [1.807, 2.05) is 0 Å². The molecule has 0 aromatic rings. The fourth-order valence-corrected chi connectivity index (χ4v) is 4.99. The first-order valence-corrected chi connectivity index (χ1v) is 10.7. The highest BCUT2D eigenvalue weighted by atomic mass is 28.4. The van der Waals surface area contributed by atoms with Crippen LogP contribution in [0.25, 0.3) is 0 Å². The third kappa shape index (κ3) is 12.2. The third-order valence-corrected chi connectivity index (χ3v) is 5.86. The summed E-state index contributed by atoms with van der Waals surface area (Å²) in [7, 11) is -2.14. The van der Waals surface area contributed by atoms with Crippen LogP contribution in [-0.4, -0.2) is 39.9 Å². The number of allylic oxidation sites excluding steroid dienone is 6. The van der Waals surface area contributed by atoms with Gasteiger partial charge in [-0.25, -0.2) is 9.78 Å². The third-order valence-electron chi connectivity index (χ3n) is 3.00. The van der Waals surface area contributed by atoms with Crippen LogP contribution < -0.4 is 0 Å². The van der Waals surface area contributed by atoms with E-state index in [1.54, 1.807) is 20.8 Å². The highest BCUT2D eigenvalue weighted by Crippen LogP contribution is 2.27. The van der Waals surface area contributed by atoms with Crippen molar-refractivity contribution in [2.24, 2.45) is 0 Å². The maximum Gasteiger partial charge on any atom is 0.698 e. The Kier molecular flexibility index (Phi) is 12.0. The molecule has 158 valence electrons. The normalized spacial score (nSPS) is 13.2. The van der Waals surface area contributed by atoms with Crippen molar-refractivity contribution in [3.8, 4) is 0 Å². The minimum atomic E-state index is -3.53. The summed E-state index contributed by atoms with van der Waals surface area (Å²) in [5.41, 5.74) is 0. The molecule has 0 aliphatic carbocycles. The van der Waals surface area contributed by atoms with E-state index in [0.29, 0.717) is 23.7 Å². The predicted octanol–water partition coefficient (Wildman–Crippen LogP) is 3.42. The first kappa shape index (κ1) is 25.8. The molecule has 0 saturated carbocycles. The lowest BCUT2D eigenvalue weighted by Gasteiger charge is -2.31. The molecule has 0 amide bonds. The Hall–Kier alpha value is -2.23. The van der Waals surface area contributed by atoms with Gasteiger partial charge in [-0.3, -0.25) is 14.4 Å². The van der Waals surface area contributed by atoms with Gasteiger partial charge in [0.2, 0.25) is 0 Å². The summed E-state index contributed by atoms with van der Waals surface area (Å²) < 4.78 is 17.9. The highest BCUT2D eigenvalue weighted by molar-refractivity contribution is 6.61. The molecule has 0 N–H and O–H groups in total. The maximum absolute atomic E-state index is 11.4. The molecule has 0 spiro atoms. The second kappa shape index (κ2) is 13.0. The minimum absolute atomic E-state index is 0.199. The summed E-state index contributed by atoms with van der Waals surface area (Å²) >= 11 is 0. The molecule has 0 radical (unpaired) electrons. The van der Waals surface area contributed by atoms with Crippen LogP contribution in [0.5, 0.6) is 0 Å². The van der Waals surface area contributed by atoms with Crippen molar-refractivity contribution in [3.63, 3.8) is 0 Å². The van der Waals surface area contributed by atoms with Crippen molar-refractivity contribution in [3.05, 3.63) is 35.5 Å². The van der Waals surface area contributed by atoms with Crippen LogP contribution in [0, 0.1) is 0 Å². The molecular formula is C19H30O8Si. The van der Waals surface area contributed by atoms with Gasteiger partial charge >= 0.3 is 8.80 Å². The van der Waals surface area contributed by atoms with Gasteiger partial charge in [0.05, 0.1) is 37.0 Å². The molecule has 0 aliphatic heterocycles. The zero-order valence-corrected chi connectivity index (χ0v) is 18.6. The second-order valence-electron chi connectivity index (χ2n) is 6.18. The maximum atomic E-state index is 11.4. The monoisotopic (exact) mass is 414 g/mol. The Balaban J connectivity index is 5.93. The van der Waals surface area contributed by atoms with E-state index in [1.165, 1.54) is 46.1 Å². The fraction of sp³-hybridized carbons (Fsp3) is 0.526. The molecule has 0 aromatic heterocycles. The van der Waals surface area contributed by atoms with Gasteiger partial charge in [0.25, 0.3) is 0 Å². The zero-order valence-electron chi connectivity index (χ0n) is 17.6. The standard InChI is InChI=1S/C19H30O8Si/c1-14(20)11-17(4)25-28(10-8-9-24-23-7,26-18(5)12-15(2)21)27-19(6)13-16(3)22/h11-13H,8-10H2,1-7H3/b17-11-,18-12+,19-13+. The molecule has 0 fully saturated rings. The van der Waals surface area contributed by atoms with Crippen molar-refractivity contribution in [2.45, 2.75) is 54.0 Å². The zero-order chi connectivity index (χ0) is 21.7. The molecule has 0 rings (SSSR count). The lowest BCUT2D eigenvalue weighted by molar-refractivity contribution is -0.272. The van der Waals surface area contributed by atoms with Crippen LogP contribution in [0.1, 0.15) is 48.0 Å².